The quantitative estimate of drug-likeness (QED) is 0.753. The molecule has 1 aromatic carbocycles. The van der Waals surface area contributed by atoms with Crippen LogP contribution in [-0.4, -0.2) is 41.9 Å². The van der Waals surface area contributed by atoms with Crippen LogP contribution in [-0.2, 0) is 14.3 Å². The molecule has 2 aromatic rings. The minimum absolute atomic E-state index is 0.184. The van der Waals surface area contributed by atoms with Gasteiger partial charge in [0.15, 0.2) is 12.4 Å². The van der Waals surface area contributed by atoms with Crippen LogP contribution in [0, 0.1) is 6.92 Å². The van der Waals surface area contributed by atoms with E-state index in [2.05, 4.69) is 19.2 Å². The van der Waals surface area contributed by atoms with E-state index in [0.29, 0.717) is 19.4 Å². The molecule has 0 spiro atoms. The Hall–Kier alpha value is -3.09. The van der Waals surface area contributed by atoms with Gasteiger partial charge in [-0.1, -0.05) is 32.0 Å². The van der Waals surface area contributed by atoms with E-state index in [1.54, 1.807) is 12.1 Å². The van der Waals surface area contributed by atoms with Gasteiger partial charge in [-0.2, -0.15) is 0 Å². The number of rotatable bonds is 6. The van der Waals surface area contributed by atoms with Gasteiger partial charge in [-0.15, -0.1) is 0 Å². The molecule has 0 aliphatic carbocycles. The number of esters is 1. The van der Waals surface area contributed by atoms with E-state index >= 15 is 0 Å². The molecule has 1 aromatic heterocycles. The topological polar surface area (TPSA) is 88.9 Å². The maximum atomic E-state index is 12.5. The Morgan fingerprint density at radius 1 is 1.24 bits per heavy atom. The standard InChI is InChI=1S/C22H26N2O5/c1-14(2)16-8-4-7-15(3)20(16)23-19(25)13-29-22(27)17-9-5-11-24(17)21(26)18-10-6-12-28-18/h4,6-8,10,12,14,17H,5,9,11,13H2,1-3H3,(H,23,25)/t17-/m0/s1. The van der Waals surface area contributed by atoms with Crippen LogP contribution >= 0.6 is 0 Å². The molecule has 1 atom stereocenters. The second kappa shape index (κ2) is 8.94. The lowest BCUT2D eigenvalue weighted by Crippen LogP contribution is -2.42. The SMILES string of the molecule is Cc1cccc(C(C)C)c1NC(=O)COC(=O)[C@@H]1CCCN1C(=O)c1ccco1. The Morgan fingerprint density at radius 3 is 2.72 bits per heavy atom. The zero-order valence-electron chi connectivity index (χ0n) is 16.9. The Morgan fingerprint density at radius 2 is 2.03 bits per heavy atom. The van der Waals surface area contributed by atoms with Crippen LogP contribution in [0.4, 0.5) is 5.69 Å². The summed E-state index contributed by atoms with van der Waals surface area (Å²) in [6, 6.07) is 8.32. The molecule has 7 heteroatoms. The van der Waals surface area contributed by atoms with Crippen molar-refractivity contribution < 1.29 is 23.5 Å². The number of carbonyl (C=O) groups excluding carboxylic acids is 3. The average molecular weight is 398 g/mol. The fraction of sp³-hybridized carbons (Fsp3) is 0.409. The van der Waals surface area contributed by atoms with Crippen molar-refractivity contribution in [3.63, 3.8) is 0 Å². The monoisotopic (exact) mass is 398 g/mol. The molecule has 0 bridgehead atoms. The van der Waals surface area contributed by atoms with Gasteiger partial charge >= 0.3 is 5.97 Å². The second-order valence-corrected chi connectivity index (χ2v) is 7.48. The molecule has 1 aliphatic heterocycles. The maximum absolute atomic E-state index is 12.5. The van der Waals surface area contributed by atoms with Crippen molar-refractivity contribution in [2.45, 2.75) is 45.6 Å². The summed E-state index contributed by atoms with van der Waals surface area (Å²) < 4.78 is 10.4. The second-order valence-electron chi connectivity index (χ2n) is 7.48. The molecule has 1 N–H and O–H groups in total. The summed E-state index contributed by atoms with van der Waals surface area (Å²) in [5.74, 6) is -0.904. The molecule has 29 heavy (non-hydrogen) atoms. The van der Waals surface area contributed by atoms with E-state index in [-0.39, 0.29) is 17.6 Å². The first-order chi connectivity index (χ1) is 13.9. The summed E-state index contributed by atoms with van der Waals surface area (Å²) in [4.78, 5) is 38.8. The summed E-state index contributed by atoms with van der Waals surface area (Å²) in [7, 11) is 0. The molecule has 2 heterocycles. The van der Waals surface area contributed by atoms with Crippen LogP contribution in [0.1, 0.15) is 54.3 Å². The Labute approximate surface area is 170 Å². The maximum Gasteiger partial charge on any atom is 0.329 e. The number of likely N-dealkylation sites (tertiary alicyclic amines) is 1. The minimum Gasteiger partial charge on any atom is -0.459 e. The highest BCUT2D eigenvalue weighted by atomic mass is 16.5. The number of anilines is 1. The van der Waals surface area contributed by atoms with Gasteiger partial charge in [0, 0.05) is 12.2 Å². The van der Waals surface area contributed by atoms with Crippen molar-refractivity contribution in [3.8, 4) is 0 Å². The Balaban J connectivity index is 1.59. The fourth-order valence-electron chi connectivity index (χ4n) is 3.55. The van der Waals surface area contributed by atoms with Crippen LogP contribution in [0.3, 0.4) is 0 Å². The fourth-order valence-corrected chi connectivity index (χ4v) is 3.55. The third kappa shape index (κ3) is 4.67. The third-order valence-electron chi connectivity index (χ3n) is 5.05. The van der Waals surface area contributed by atoms with Gasteiger partial charge < -0.3 is 19.4 Å². The number of furan rings is 1. The number of nitrogens with one attached hydrogen (secondary N) is 1. The van der Waals surface area contributed by atoms with Crippen LogP contribution in [0.2, 0.25) is 0 Å². The van der Waals surface area contributed by atoms with Gasteiger partial charge in [0.25, 0.3) is 11.8 Å². The van der Waals surface area contributed by atoms with E-state index in [0.717, 1.165) is 16.8 Å². The van der Waals surface area contributed by atoms with Crippen LogP contribution < -0.4 is 5.32 Å². The smallest absolute Gasteiger partial charge is 0.329 e. The van der Waals surface area contributed by atoms with Gasteiger partial charge in [0.2, 0.25) is 0 Å². The van der Waals surface area contributed by atoms with Crippen molar-refractivity contribution in [3.05, 3.63) is 53.5 Å². The minimum atomic E-state index is -0.704. The normalized spacial score (nSPS) is 16.1. The van der Waals surface area contributed by atoms with Crippen molar-refractivity contribution in [2.75, 3.05) is 18.5 Å². The molecular weight excluding hydrogens is 372 g/mol. The predicted octanol–water partition coefficient (Wildman–Crippen LogP) is 3.50. The van der Waals surface area contributed by atoms with Crippen LogP contribution in [0.25, 0.3) is 0 Å². The van der Waals surface area contributed by atoms with E-state index in [9.17, 15) is 14.4 Å². The van der Waals surface area contributed by atoms with Gasteiger partial charge in [-0.3, -0.25) is 9.59 Å². The third-order valence-corrected chi connectivity index (χ3v) is 5.05. The lowest BCUT2D eigenvalue weighted by atomic mass is 9.98. The first-order valence-electron chi connectivity index (χ1n) is 9.79. The first kappa shape index (κ1) is 20.6. The van der Waals surface area contributed by atoms with E-state index in [1.807, 2.05) is 25.1 Å². The van der Waals surface area contributed by atoms with Crippen molar-refractivity contribution in [1.29, 1.82) is 0 Å². The lowest BCUT2D eigenvalue weighted by Gasteiger charge is -2.22. The zero-order valence-corrected chi connectivity index (χ0v) is 16.9. The number of nitrogens with zero attached hydrogens (tertiary/aromatic N) is 1. The molecule has 0 unspecified atom stereocenters. The van der Waals surface area contributed by atoms with Gasteiger partial charge in [0.05, 0.1) is 6.26 Å². The average Bonchev–Trinajstić information content (AvgIpc) is 3.39. The van der Waals surface area contributed by atoms with Gasteiger partial charge in [-0.05, 0) is 48.9 Å². The summed E-state index contributed by atoms with van der Waals surface area (Å²) in [5.41, 5.74) is 2.72. The molecule has 2 amide bonds. The summed E-state index contributed by atoms with van der Waals surface area (Å²) in [6.07, 6.45) is 2.61. The van der Waals surface area contributed by atoms with E-state index in [1.165, 1.54) is 11.2 Å². The van der Waals surface area contributed by atoms with Crippen molar-refractivity contribution in [2.24, 2.45) is 0 Å². The van der Waals surface area contributed by atoms with E-state index < -0.39 is 24.5 Å². The van der Waals surface area contributed by atoms with Crippen molar-refractivity contribution >= 4 is 23.5 Å². The molecule has 0 saturated carbocycles. The molecule has 3 rings (SSSR count). The largest absolute Gasteiger partial charge is 0.459 e. The number of ether oxygens (including phenoxy) is 1. The lowest BCUT2D eigenvalue weighted by molar-refractivity contribution is -0.151. The molecule has 1 aliphatic rings. The van der Waals surface area contributed by atoms with Crippen LogP contribution in [0.15, 0.2) is 41.0 Å². The van der Waals surface area contributed by atoms with Gasteiger partial charge in [-0.25, -0.2) is 4.79 Å². The molecule has 1 saturated heterocycles. The molecule has 154 valence electrons. The number of aryl methyl sites for hydroxylation is 1. The highest BCUT2D eigenvalue weighted by molar-refractivity contribution is 5.96. The number of para-hydroxylation sites is 1. The first-order valence-corrected chi connectivity index (χ1v) is 9.79. The Bertz CT molecular complexity index is 889. The zero-order chi connectivity index (χ0) is 21.0. The number of benzene rings is 1. The van der Waals surface area contributed by atoms with Crippen molar-refractivity contribution in [1.82, 2.24) is 4.90 Å². The predicted molar refractivity (Wildman–Crippen MR) is 108 cm³/mol. The molecule has 7 nitrogen and oxygen atoms in total. The molecule has 1 fully saturated rings. The molecular formula is C22H26N2O5. The number of hydrogen-bond donors (Lipinski definition) is 1. The Kier molecular flexibility index (Phi) is 6.36. The summed E-state index contributed by atoms with van der Waals surface area (Å²) in [5, 5.41) is 2.85. The van der Waals surface area contributed by atoms with Gasteiger partial charge in [0.1, 0.15) is 6.04 Å². The molecule has 0 radical (unpaired) electrons. The number of carbonyl (C=O) groups is 3. The number of hydrogen-bond acceptors (Lipinski definition) is 5. The highest BCUT2D eigenvalue weighted by Gasteiger charge is 2.36. The van der Waals surface area contributed by atoms with Crippen LogP contribution in [0.5, 0.6) is 0 Å². The summed E-state index contributed by atoms with van der Waals surface area (Å²) >= 11 is 0. The summed E-state index contributed by atoms with van der Waals surface area (Å²) in [6.45, 7) is 6.07. The highest BCUT2D eigenvalue weighted by Crippen LogP contribution is 2.27. The number of amides is 2. The van der Waals surface area contributed by atoms with E-state index in [4.69, 9.17) is 9.15 Å².